The van der Waals surface area contributed by atoms with Crippen molar-refractivity contribution in [1.82, 2.24) is 5.43 Å². The minimum atomic E-state index is -3.95. The SMILES string of the molecule is O=C(CN(c1cccc(Br)c1)S(=O)(=O)c1ccccc1)N/N=C\c1ccco1. The topological polar surface area (TPSA) is 92.0 Å². The van der Waals surface area contributed by atoms with Crippen molar-refractivity contribution in [3.05, 3.63) is 83.2 Å². The van der Waals surface area contributed by atoms with Gasteiger partial charge in [0.2, 0.25) is 0 Å². The van der Waals surface area contributed by atoms with Crippen LogP contribution in [0.25, 0.3) is 0 Å². The molecule has 0 atom stereocenters. The van der Waals surface area contributed by atoms with Gasteiger partial charge < -0.3 is 4.42 Å². The highest BCUT2D eigenvalue weighted by Crippen LogP contribution is 2.26. The number of amides is 1. The van der Waals surface area contributed by atoms with Crippen LogP contribution in [0.1, 0.15) is 5.76 Å². The second kappa shape index (κ2) is 8.85. The standard InChI is InChI=1S/C19H16BrN3O4S/c20-15-6-4-7-16(12-15)23(28(25,26)18-9-2-1-3-10-18)14-19(24)22-21-13-17-8-5-11-27-17/h1-13H,14H2,(H,22,24)/b21-13-. The number of hydrogen-bond donors (Lipinski definition) is 1. The largest absolute Gasteiger partial charge is 0.463 e. The van der Waals surface area contributed by atoms with Crippen molar-refractivity contribution in [2.24, 2.45) is 5.10 Å². The van der Waals surface area contributed by atoms with E-state index in [0.717, 1.165) is 4.31 Å². The van der Waals surface area contributed by atoms with Crippen LogP contribution < -0.4 is 9.73 Å². The summed E-state index contributed by atoms with van der Waals surface area (Å²) in [7, 11) is -3.95. The highest BCUT2D eigenvalue weighted by atomic mass is 79.9. The third kappa shape index (κ3) is 4.87. The first-order valence-electron chi connectivity index (χ1n) is 8.15. The quantitative estimate of drug-likeness (QED) is 0.431. The van der Waals surface area contributed by atoms with E-state index in [0.29, 0.717) is 15.9 Å². The molecular weight excluding hydrogens is 446 g/mol. The van der Waals surface area contributed by atoms with E-state index < -0.39 is 22.5 Å². The number of sulfonamides is 1. The Morgan fingerprint density at radius 1 is 1.11 bits per heavy atom. The minimum absolute atomic E-state index is 0.0851. The van der Waals surface area contributed by atoms with Crippen molar-refractivity contribution in [1.29, 1.82) is 0 Å². The maximum atomic E-state index is 13.1. The van der Waals surface area contributed by atoms with E-state index in [9.17, 15) is 13.2 Å². The van der Waals surface area contributed by atoms with Gasteiger partial charge in [0.25, 0.3) is 15.9 Å². The molecule has 144 valence electrons. The summed E-state index contributed by atoms with van der Waals surface area (Å²) in [5.41, 5.74) is 2.66. The predicted molar refractivity (Wildman–Crippen MR) is 110 cm³/mol. The zero-order valence-electron chi connectivity index (χ0n) is 14.5. The summed E-state index contributed by atoms with van der Waals surface area (Å²) < 4.78 is 33.0. The minimum Gasteiger partial charge on any atom is -0.463 e. The molecule has 0 aliphatic carbocycles. The summed E-state index contributed by atoms with van der Waals surface area (Å²) in [5.74, 6) is -0.136. The second-order valence-corrected chi connectivity index (χ2v) is 8.39. The van der Waals surface area contributed by atoms with Crippen LogP contribution in [0, 0.1) is 0 Å². The summed E-state index contributed by atoms with van der Waals surface area (Å²) in [6.07, 6.45) is 2.80. The molecule has 0 saturated carbocycles. The lowest BCUT2D eigenvalue weighted by Crippen LogP contribution is -2.39. The van der Waals surface area contributed by atoms with Crippen LogP contribution in [-0.2, 0) is 14.8 Å². The van der Waals surface area contributed by atoms with E-state index in [2.05, 4.69) is 26.5 Å². The van der Waals surface area contributed by atoms with Gasteiger partial charge in [-0.2, -0.15) is 5.10 Å². The highest BCUT2D eigenvalue weighted by Gasteiger charge is 2.27. The number of nitrogens with one attached hydrogen (secondary N) is 1. The summed E-state index contributed by atoms with van der Waals surface area (Å²) in [6, 6.07) is 18.0. The molecule has 1 N–H and O–H groups in total. The molecule has 3 aromatic rings. The van der Waals surface area contributed by atoms with Crippen molar-refractivity contribution in [3.8, 4) is 0 Å². The van der Waals surface area contributed by atoms with Gasteiger partial charge in [-0.3, -0.25) is 9.10 Å². The van der Waals surface area contributed by atoms with Crippen LogP contribution in [0.2, 0.25) is 0 Å². The molecule has 3 rings (SSSR count). The van der Waals surface area contributed by atoms with Gasteiger partial charge in [-0.1, -0.05) is 40.2 Å². The number of anilines is 1. The lowest BCUT2D eigenvalue weighted by Gasteiger charge is -2.23. The van der Waals surface area contributed by atoms with E-state index in [4.69, 9.17) is 4.42 Å². The Bertz CT molecular complexity index is 1070. The first-order chi connectivity index (χ1) is 13.5. The van der Waals surface area contributed by atoms with Gasteiger partial charge in [0.15, 0.2) is 0 Å². The van der Waals surface area contributed by atoms with Gasteiger partial charge in [0, 0.05) is 4.47 Å². The van der Waals surface area contributed by atoms with E-state index in [1.54, 1.807) is 54.6 Å². The van der Waals surface area contributed by atoms with Gasteiger partial charge in [-0.05, 0) is 42.5 Å². The molecule has 7 nitrogen and oxygen atoms in total. The maximum Gasteiger partial charge on any atom is 0.264 e. The molecule has 0 spiro atoms. The molecule has 1 aromatic heterocycles. The molecule has 1 heterocycles. The van der Waals surface area contributed by atoms with E-state index >= 15 is 0 Å². The molecule has 9 heteroatoms. The molecule has 0 aliphatic rings. The van der Waals surface area contributed by atoms with Crippen LogP contribution in [0.15, 0.2) is 91.9 Å². The number of carbonyl (C=O) groups is 1. The average molecular weight is 462 g/mol. The number of carbonyl (C=O) groups excluding carboxylic acids is 1. The number of furan rings is 1. The Balaban J connectivity index is 1.85. The zero-order chi connectivity index (χ0) is 20.0. The van der Waals surface area contributed by atoms with Gasteiger partial charge in [0.1, 0.15) is 12.3 Å². The van der Waals surface area contributed by atoms with Crippen LogP contribution in [-0.4, -0.2) is 27.1 Å². The molecular formula is C19H16BrN3O4S. The Morgan fingerprint density at radius 2 is 1.89 bits per heavy atom. The third-order valence-electron chi connectivity index (χ3n) is 3.64. The van der Waals surface area contributed by atoms with Gasteiger partial charge in [-0.15, -0.1) is 0 Å². The number of nitrogens with zero attached hydrogens (tertiary/aromatic N) is 2. The Labute approximate surface area is 170 Å². The lowest BCUT2D eigenvalue weighted by atomic mass is 10.3. The highest BCUT2D eigenvalue weighted by molar-refractivity contribution is 9.10. The van der Waals surface area contributed by atoms with Gasteiger partial charge in [0.05, 0.1) is 23.1 Å². The fourth-order valence-electron chi connectivity index (χ4n) is 2.36. The predicted octanol–water partition coefficient (Wildman–Crippen LogP) is 3.39. The first-order valence-corrected chi connectivity index (χ1v) is 10.4. The van der Waals surface area contributed by atoms with E-state index in [1.165, 1.54) is 24.6 Å². The molecule has 2 aromatic carbocycles. The summed E-state index contributed by atoms with van der Waals surface area (Å²) >= 11 is 3.33. The zero-order valence-corrected chi connectivity index (χ0v) is 16.9. The molecule has 0 radical (unpaired) electrons. The number of hydrogen-bond acceptors (Lipinski definition) is 5. The van der Waals surface area contributed by atoms with Crippen LogP contribution in [0.3, 0.4) is 0 Å². The van der Waals surface area contributed by atoms with Crippen LogP contribution in [0.4, 0.5) is 5.69 Å². The summed E-state index contributed by atoms with van der Waals surface area (Å²) in [5, 5.41) is 3.78. The van der Waals surface area contributed by atoms with E-state index in [-0.39, 0.29) is 4.90 Å². The van der Waals surface area contributed by atoms with Crippen molar-refractivity contribution in [2.75, 3.05) is 10.8 Å². The Morgan fingerprint density at radius 3 is 2.57 bits per heavy atom. The third-order valence-corrected chi connectivity index (χ3v) is 5.92. The normalized spacial score (nSPS) is 11.5. The molecule has 0 unspecified atom stereocenters. The monoisotopic (exact) mass is 461 g/mol. The summed E-state index contributed by atoms with van der Waals surface area (Å²) in [6.45, 7) is -0.441. The van der Waals surface area contributed by atoms with Crippen molar-refractivity contribution in [3.63, 3.8) is 0 Å². The van der Waals surface area contributed by atoms with Crippen LogP contribution in [0.5, 0.6) is 0 Å². The van der Waals surface area contributed by atoms with Gasteiger partial charge >= 0.3 is 0 Å². The second-order valence-electron chi connectivity index (χ2n) is 5.61. The molecule has 0 saturated heterocycles. The van der Waals surface area contributed by atoms with Crippen LogP contribution >= 0.6 is 15.9 Å². The van der Waals surface area contributed by atoms with Crippen molar-refractivity contribution < 1.29 is 17.6 Å². The Hall–Kier alpha value is -2.91. The average Bonchev–Trinajstić information content (AvgIpc) is 3.20. The number of benzene rings is 2. The number of halogens is 1. The summed E-state index contributed by atoms with van der Waals surface area (Å²) in [4.78, 5) is 12.4. The van der Waals surface area contributed by atoms with Crippen molar-refractivity contribution >= 4 is 43.8 Å². The number of rotatable bonds is 7. The number of hydrazone groups is 1. The molecule has 0 bridgehead atoms. The smallest absolute Gasteiger partial charge is 0.264 e. The Kier molecular flexibility index (Phi) is 6.27. The fourth-order valence-corrected chi connectivity index (χ4v) is 4.19. The maximum absolute atomic E-state index is 13.1. The molecule has 0 aliphatic heterocycles. The van der Waals surface area contributed by atoms with Crippen molar-refractivity contribution in [2.45, 2.75) is 4.90 Å². The first kappa shape index (κ1) is 19.8. The fraction of sp³-hybridized carbons (Fsp3) is 0.0526. The van der Waals surface area contributed by atoms with Gasteiger partial charge in [-0.25, -0.2) is 13.8 Å². The van der Waals surface area contributed by atoms with E-state index in [1.807, 2.05) is 0 Å². The molecule has 0 fully saturated rings. The molecule has 28 heavy (non-hydrogen) atoms. The molecule has 1 amide bonds. The lowest BCUT2D eigenvalue weighted by molar-refractivity contribution is -0.119.